The Balaban J connectivity index is 1.45. The summed E-state index contributed by atoms with van der Waals surface area (Å²) < 4.78 is 5.95. The SMILES string of the molecule is c1cnc2nc(NCCOC3CCCCCC3)ccc2n1. The van der Waals surface area contributed by atoms with Crippen LogP contribution >= 0.6 is 0 Å². The standard InChI is InChI=1S/C16H22N4O/c1-2-4-6-13(5-3-1)21-12-11-18-15-8-7-14-16(20-15)19-10-9-17-14/h7-10,13H,1-6,11-12H2,(H,18,19,20). The second kappa shape index (κ2) is 7.31. The molecule has 5 heteroatoms. The van der Waals surface area contributed by atoms with Gasteiger partial charge >= 0.3 is 0 Å². The molecule has 0 spiro atoms. The van der Waals surface area contributed by atoms with Gasteiger partial charge in [0.25, 0.3) is 0 Å². The summed E-state index contributed by atoms with van der Waals surface area (Å²) in [6.07, 6.45) is 11.6. The molecule has 0 radical (unpaired) electrons. The van der Waals surface area contributed by atoms with Crippen molar-refractivity contribution in [3.8, 4) is 0 Å². The van der Waals surface area contributed by atoms with Gasteiger partial charge in [-0.25, -0.2) is 9.97 Å². The molecular formula is C16H22N4O. The largest absolute Gasteiger partial charge is 0.376 e. The summed E-state index contributed by atoms with van der Waals surface area (Å²) in [5.41, 5.74) is 1.49. The van der Waals surface area contributed by atoms with Crippen LogP contribution in [0, 0.1) is 0 Å². The molecule has 1 aliphatic carbocycles. The van der Waals surface area contributed by atoms with Gasteiger partial charge in [0, 0.05) is 18.9 Å². The van der Waals surface area contributed by atoms with Crippen molar-refractivity contribution in [2.45, 2.75) is 44.6 Å². The van der Waals surface area contributed by atoms with Crippen LogP contribution in [0.2, 0.25) is 0 Å². The molecule has 3 rings (SSSR count). The van der Waals surface area contributed by atoms with Crippen molar-refractivity contribution in [3.05, 3.63) is 24.5 Å². The van der Waals surface area contributed by atoms with Gasteiger partial charge in [0.05, 0.1) is 12.7 Å². The van der Waals surface area contributed by atoms with Crippen LogP contribution in [0.1, 0.15) is 38.5 Å². The molecule has 0 aromatic carbocycles. The van der Waals surface area contributed by atoms with E-state index >= 15 is 0 Å². The first kappa shape index (κ1) is 14.2. The zero-order chi connectivity index (χ0) is 14.3. The third-order valence-corrected chi connectivity index (χ3v) is 3.90. The Morgan fingerprint density at radius 1 is 1.05 bits per heavy atom. The number of nitrogens with one attached hydrogen (secondary N) is 1. The van der Waals surface area contributed by atoms with E-state index < -0.39 is 0 Å². The fourth-order valence-corrected chi connectivity index (χ4v) is 2.77. The van der Waals surface area contributed by atoms with E-state index in [9.17, 15) is 0 Å². The van der Waals surface area contributed by atoms with Crippen LogP contribution < -0.4 is 5.32 Å². The van der Waals surface area contributed by atoms with Gasteiger partial charge in [-0.15, -0.1) is 0 Å². The number of anilines is 1. The fraction of sp³-hybridized carbons (Fsp3) is 0.562. The van der Waals surface area contributed by atoms with Gasteiger partial charge in [-0.1, -0.05) is 25.7 Å². The molecule has 1 aliphatic rings. The number of nitrogens with zero attached hydrogens (tertiary/aromatic N) is 3. The van der Waals surface area contributed by atoms with E-state index in [2.05, 4.69) is 20.3 Å². The second-order valence-electron chi connectivity index (χ2n) is 5.51. The molecule has 1 saturated carbocycles. The van der Waals surface area contributed by atoms with Crippen molar-refractivity contribution in [2.75, 3.05) is 18.5 Å². The molecule has 0 amide bonds. The molecule has 2 aromatic heterocycles. The van der Waals surface area contributed by atoms with Crippen molar-refractivity contribution >= 4 is 17.0 Å². The average Bonchev–Trinajstić information content (AvgIpc) is 2.80. The molecule has 0 unspecified atom stereocenters. The summed E-state index contributed by atoms with van der Waals surface area (Å²) in [7, 11) is 0. The molecule has 2 heterocycles. The summed E-state index contributed by atoms with van der Waals surface area (Å²) in [6.45, 7) is 1.50. The quantitative estimate of drug-likeness (QED) is 0.675. The van der Waals surface area contributed by atoms with Gasteiger partial charge in [0.2, 0.25) is 0 Å². The van der Waals surface area contributed by atoms with Gasteiger partial charge in [-0.3, -0.25) is 4.98 Å². The van der Waals surface area contributed by atoms with Crippen molar-refractivity contribution in [2.24, 2.45) is 0 Å². The lowest BCUT2D eigenvalue weighted by atomic mass is 10.1. The molecule has 0 saturated heterocycles. The Labute approximate surface area is 125 Å². The minimum absolute atomic E-state index is 0.449. The van der Waals surface area contributed by atoms with E-state index in [0.717, 1.165) is 24.5 Å². The average molecular weight is 286 g/mol. The van der Waals surface area contributed by atoms with Crippen LogP contribution in [0.5, 0.6) is 0 Å². The number of pyridine rings is 1. The maximum atomic E-state index is 5.95. The van der Waals surface area contributed by atoms with Crippen molar-refractivity contribution in [1.82, 2.24) is 15.0 Å². The monoisotopic (exact) mass is 286 g/mol. The maximum Gasteiger partial charge on any atom is 0.180 e. The van der Waals surface area contributed by atoms with Crippen LogP contribution in [0.4, 0.5) is 5.82 Å². The van der Waals surface area contributed by atoms with E-state index in [4.69, 9.17) is 4.74 Å². The van der Waals surface area contributed by atoms with Crippen LogP contribution in [-0.2, 0) is 4.74 Å². The Morgan fingerprint density at radius 2 is 1.86 bits per heavy atom. The molecule has 0 aliphatic heterocycles. The fourth-order valence-electron chi connectivity index (χ4n) is 2.77. The van der Waals surface area contributed by atoms with Crippen molar-refractivity contribution in [3.63, 3.8) is 0 Å². The highest BCUT2D eigenvalue weighted by molar-refractivity contribution is 5.71. The molecule has 2 aromatic rings. The summed E-state index contributed by atoms with van der Waals surface area (Å²) >= 11 is 0. The van der Waals surface area contributed by atoms with E-state index in [1.54, 1.807) is 12.4 Å². The molecule has 21 heavy (non-hydrogen) atoms. The predicted octanol–water partition coefficient (Wildman–Crippen LogP) is 3.18. The number of rotatable bonds is 5. The first-order chi connectivity index (χ1) is 10.4. The molecule has 0 bridgehead atoms. The van der Waals surface area contributed by atoms with Gasteiger partial charge in [-0.2, -0.15) is 0 Å². The highest BCUT2D eigenvalue weighted by atomic mass is 16.5. The lowest BCUT2D eigenvalue weighted by Gasteiger charge is -2.15. The Bertz CT molecular complexity index is 567. The van der Waals surface area contributed by atoms with Gasteiger partial charge in [-0.05, 0) is 25.0 Å². The molecule has 1 fully saturated rings. The molecule has 5 nitrogen and oxygen atoms in total. The molecule has 1 N–H and O–H groups in total. The third kappa shape index (κ3) is 4.11. The minimum Gasteiger partial charge on any atom is -0.376 e. The lowest BCUT2D eigenvalue weighted by Crippen LogP contribution is -2.18. The topological polar surface area (TPSA) is 59.9 Å². The number of hydrogen-bond acceptors (Lipinski definition) is 5. The van der Waals surface area contributed by atoms with E-state index in [1.165, 1.54) is 38.5 Å². The summed E-state index contributed by atoms with van der Waals surface area (Å²) in [5.74, 6) is 0.826. The summed E-state index contributed by atoms with van der Waals surface area (Å²) in [6, 6.07) is 3.87. The Morgan fingerprint density at radius 3 is 2.71 bits per heavy atom. The normalized spacial score (nSPS) is 16.8. The summed E-state index contributed by atoms with van der Waals surface area (Å²) in [4.78, 5) is 12.9. The van der Waals surface area contributed by atoms with E-state index in [1.807, 2.05) is 12.1 Å². The molecular weight excluding hydrogens is 264 g/mol. The van der Waals surface area contributed by atoms with Crippen molar-refractivity contribution in [1.29, 1.82) is 0 Å². The first-order valence-electron chi connectivity index (χ1n) is 7.85. The number of hydrogen-bond donors (Lipinski definition) is 1. The minimum atomic E-state index is 0.449. The number of fused-ring (bicyclic) bond motifs is 1. The number of aromatic nitrogens is 3. The number of ether oxygens (including phenoxy) is 1. The maximum absolute atomic E-state index is 5.95. The van der Waals surface area contributed by atoms with E-state index in [-0.39, 0.29) is 0 Å². The Hall–Kier alpha value is -1.75. The van der Waals surface area contributed by atoms with Crippen LogP contribution in [-0.4, -0.2) is 34.2 Å². The predicted molar refractivity (Wildman–Crippen MR) is 83.3 cm³/mol. The van der Waals surface area contributed by atoms with Crippen molar-refractivity contribution < 1.29 is 4.74 Å². The van der Waals surface area contributed by atoms with Gasteiger partial charge in [0.15, 0.2) is 5.65 Å². The summed E-state index contributed by atoms with van der Waals surface area (Å²) in [5, 5.41) is 3.29. The van der Waals surface area contributed by atoms with Crippen LogP contribution in [0.3, 0.4) is 0 Å². The van der Waals surface area contributed by atoms with Crippen LogP contribution in [0.15, 0.2) is 24.5 Å². The smallest absolute Gasteiger partial charge is 0.180 e. The Kier molecular flexibility index (Phi) is 4.94. The first-order valence-corrected chi connectivity index (χ1v) is 7.85. The highest BCUT2D eigenvalue weighted by Crippen LogP contribution is 2.19. The zero-order valence-corrected chi connectivity index (χ0v) is 12.3. The molecule has 112 valence electrons. The molecule has 0 atom stereocenters. The van der Waals surface area contributed by atoms with Crippen LogP contribution in [0.25, 0.3) is 11.2 Å². The van der Waals surface area contributed by atoms with Gasteiger partial charge in [0.1, 0.15) is 11.3 Å². The zero-order valence-electron chi connectivity index (χ0n) is 12.3. The van der Waals surface area contributed by atoms with Gasteiger partial charge < -0.3 is 10.1 Å². The second-order valence-corrected chi connectivity index (χ2v) is 5.51. The third-order valence-electron chi connectivity index (χ3n) is 3.90. The lowest BCUT2D eigenvalue weighted by molar-refractivity contribution is 0.0501. The highest BCUT2D eigenvalue weighted by Gasteiger charge is 2.11. The van der Waals surface area contributed by atoms with E-state index in [0.29, 0.717) is 11.8 Å².